The van der Waals surface area contributed by atoms with Gasteiger partial charge in [0.15, 0.2) is 6.10 Å². The number of rotatable bonds is 7. The lowest BCUT2D eigenvalue weighted by molar-refractivity contribution is -0.122. The van der Waals surface area contributed by atoms with Crippen molar-refractivity contribution in [2.75, 3.05) is 10.6 Å². The SMILES string of the molecule is CCc1ccc(O[C@@H](C)C(=O)Nc2ccc(NC(=O)C(C)C)cc2)cc1. The van der Waals surface area contributed by atoms with Crippen LogP contribution in [0.15, 0.2) is 48.5 Å². The Labute approximate surface area is 154 Å². The van der Waals surface area contributed by atoms with Crippen LogP contribution >= 0.6 is 0 Å². The van der Waals surface area contributed by atoms with Gasteiger partial charge >= 0.3 is 0 Å². The number of hydrogen-bond acceptors (Lipinski definition) is 3. The van der Waals surface area contributed by atoms with Gasteiger partial charge in [-0.2, -0.15) is 0 Å². The van der Waals surface area contributed by atoms with Crippen LogP contribution in [0.5, 0.6) is 5.75 Å². The van der Waals surface area contributed by atoms with E-state index in [0.717, 1.165) is 6.42 Å². The van der Waals surface area contributed by atoms with Crippen molar-refractivity contribution in [3.05, 3.63) is 54.1 Å². The van der Waals surface area contributed by atoms with Gasteiger partial charge in [0, 0.05) is 17.3 Å². The van der Waals surface area contributed by atoms with E-state index >= 15 is 0 Å². The van der Waals surface area contributed by atoms with Crippen molar-refractivity contribution in [1.82, 2.24) is 0 Å². The number of anilines is 2. The first-order valence-electron chi connectivity index (χ1n) is 8.86. The molecule has 1 atom stereocenters. The summed E-state index contributed by atoms with van der Waals surface area (Å²) in [5, 5.41) is 5.62. The zero-order valence-corrected chi connectivity index (χ0v) is 15.7. The molecule has 0 radical (unpaired) electrons. The molecule has 0 bridgehead atoms. The third-order valence-electron chi connectivity index (χ3n) is 3.96. The molecular formula is C21H26N2O3. The van der Waals surface area contributed by atoms with Gasteiger partial charge in [0.25, 0.3) is 5.91 Å². The van der Waals surface area contributed by atoms with E-state index in [-0.39, 0.29) is 17.7 Å². The van der Waals surface area contributed by atoms with Crippen LogP contribution in [0.2, 0.25) is 0 Å². The van der Waals surface area contributed by atoms with Gasteiger partial charge in [0.1, 0.15) is 5.75 Å². The zero-order chi connectivity index (χ0) is 19.1. The summed E-state index contributed by atoms with van der Waals surface area (Å²) in [5.74, 6) is 0.303. The second kappa shape index (κ2) is 9.04. The highest BCUT2D eigenvalue weighted by Crippen LogP contribution is 2.17. The maximum absolute atomic E-state index is 12.3. The minimum absolute atomic E-state index is 0.0436. The summed E-state index contributed by atoms with van der Waals surface area (Å²) in [7, 11) is 0. The van der Waals surface area contributed by atoms with Crippen LogP contribution < -0.4 is 15.4 Å². The van der Waals surface area contributed by atoms with Crippen molar-refractivity contribution in [2.24, 2.45) is 5.92 Å². The molecule has 5 heteroatoms. The molecule has 0 aliphatic carbocycles. The van der Waals surface area contributed by atoms with Crippen molar-refractivity contribution in [1.29, 1.82) is 0 Å². The molecule has 0 heterocycles. The predicted molar refractivity (Wildman–Crippen MR) is 104 cm³/mol. The summed E-state index contributed by atoms with van der Waals surface area (Å²) in [4.78, 5) is 24.0. The Balaban J connectivity index is 1.90. The Bertz CT molecular complexity index is 737. The number of carbonyl (C=O) groups excluding carboxylic acids is 2. The lowest BCUT2D eigenvalue weighted by atomic mass is 10.2. The molecule has 2 amide bonds. The van der Waals surface area contributed by atoms with E-state index in [4.69, 9.17) is 4.74 Å². The van der Waals surface area contributed by atoms with Gasteiger partial charge in [0.05, 0.1) is 0 Å². The van der Waals surface area contributed by atoms with Crippen LogP contribution in [0.25, 0.3) is 0 Å². The number of benzene rings is 2. The first kappa shape index (κ1) is 19.5. The van der Waals surface area contributed by atoms with E-state index in [1.54, 1.807) is 31.2 Å². The fourth-order valence-corrected chi connectivity index (χ4v) is 2.23. The quantitative estimate of drug-likeness (QED) is 0.781. The summed E-state index contributed by atoms with van der Waals surface area (Å²) in [5.41, 5.74) is 2.57. The van der Waals surface area contributed by atoms with Crippen molar-refractivity contribution < 1.29 is 14.3 Å². The van der Waals surface area contributed by atoms with Crippen molar-refractivity contribution >= 4 is 23.2 Å². The first-order chi connectivity index (χ1) is 12.4. The fourth-order valence-electron chi connectivity index (χ4n) is 2.23. The zero-order valence-electron chi connectivity index (χ0n) is 15.7. The molecule has 0 spiro atoms. The molecular weight excluding hydrogens is 328 g/mol. The molecule has 0 saturated heterocycles. The summed E-state index contributed by atoms with van der Waals surface area (Å²) < 4.78 is 5.68. The van der Waals surface area contributed by atoms with Crippen molar-refractivity contribution in [2.45, 2.75) is 40.2 Å². The van der Waals surface area contributed by atoms with Crippen LogP contribution in [-0.2, 0) is 16.0 Å². The normalized spacial score (nSPS) is 11.7. The predicted octanol–water partition coefficient (Wildman–Crippen LogP) is 4.25. The second-order valence-electron chi connectivity index (χ2n) is 6.47. The van der Waals surface area contributed by atoms with Gasteiger partial charge < -0.3 is 15.4 Å². The molecule has 138 valence electrons. The number of nitrogens with one attached hydrogen (secondary N) is 2. The monoisotopic (exact) mass is 354 g/mol. The molecule has 0 aromatic heterocycles. The van der Waals surface area contributed by atoms with Crippen LogP contribution in [0.4, 0.5) is 11.4 Å². The molecule has 2 N–H and O–H groups in total. The minimum atomic E-state index is -0.622. The lowest BCUT2D eigenvalue weighted by Crippen LogP contribution is -2.30. The van der Waals surface area contributed by atoms with Gasteiger partial charge in [-0.1, -0.05) is 32.9 Å². The Morgan fingerprint density at radius 1 is 0.846 bits per heavy atom. The largest absolute Gasteiger partial charge is 0.481 e. The highest BCUT2D eigenvalue weighted by atomic mass is 16.5. The topological polar surface area (TPSA) is 67.4 Å². The highest BCUT2D eigenvalue weighted by Gasteiger charge is 2.15. The Kier molecular flexibility index (Phi) is 6.78. The Hall–Kier alpha value is -2.82. The summed E-state index contributed by atoms with van der Waals surface area (Å²) >= 11 is 0. The first-order valence-corrected chi connectivity index (χ1v) is 8.86. The molecule has 0 fully saturated rings. The number of carbonyl (C=O) groups is 2. The van der Waals surface area contributed by atoms with Gasteiger partial charge in [-0.05, 0) is 55.3 Å². The number of ether oxygens (including phenoxy) is 1. The molecule has 2 rings (SSSR count). The third kappa shape index (κ3) is 5.62. The van der Waals surface area contributed by atoms with Gasteiger partial charge in [-0.3, -0.25) is 9.59 Å². The molecule has 0 aliphatic rings. The maximum atomic E-state index is 12.3. The van der Waals surface area contributed by atoms with E-state index in [9.17, 15) is 9.59 Å². The molecule has 2 aromatic rings. The average molecular weight is 354 g/mol. The second-order valence-corrected chi connectivity index (χ2v) is 6.47. The van der Waals surface area contributed by atoms with Gasteiger partial charge in [-0.25, -0.2) is 0 Å². The van der Waals surface area contributed by atoms with Crippen LogP contribution in [0.3, 0.4) is 0 Å². The number of hydrogen-bond donors (Lipinski definition) is 2. The van der Waals surface area contributed by atoms with Crippen LogP contribution in [0, 0.1) is 5.92 Å². The Morgan fingerprint density at radius 2 is 1.35 bits per heavy atom. The Morgan fingerprint density at radius 3 is 1.81 bits per heavy atom. The summed E-state index contributed by atoms with van der Waals surface area (Å²) in [6, 6.07) is 14.7. The lowest BCUT2D eigenvalue weighted by Gasteiger charge is -2.15. The highest BCUT2D eigenvalue weighted by molar-refractivity contribution is 5.95. The number of aryl methyl sites for hydroxylation is 1. The van der Waals surface area contributed by atoms with E-state index < -0.39 is 6.10 Å². The van der Waals surface area contributed by atoms with Crippen molar-refractivity contribution in [3.63, 3.8) is 0 Å². The van der Waals surface area contributed by atoms with E-state index in [0.29, 0.717) is 17.1 Å². The molecule has 2 aromatic carbocycles. The molecule has 0 aliphatic heterocycles. The molecule has 0 saturated carbocycles. The molecule has 26 heavy (non-hydrogen) atoms. The maximum Gasteiger partial charge on any atom is 0.265 e. The van der Waals surface area contributed by atoms with Gasteiger partial charge in [0.2, 0.25) is 5.91 Å². The van der Waals surface area contributed by atoms with Crippen LogP contribution in [-0.4, -0.2) is 17.9 Å². The van der Waals surface area contributed by atoms with Gasteiger partial charge in [-0.15, -0.1) is 0 Å². The fraction of sp³-hybridized carbons (Fsp3) is 0.333. The van der Waals surface area contributed by atoms with E-state index in [1.807, 2.05) is 38.1 Å². The number of amides is 2. The minimum Gasteiger partial charge on any atom is -0.481 e. The summed E-state index contributed by atoms with van der Waals surface area (Å²) in [6.07, 6.45) is 0.340. The van der Waals surface area contributed by atoms with E-state index in [2.05, 4.69) is 17.6 Å². The summed E-state index contributed by atoms with van der Waals surface area (Å²) in [6.45, 7) is 7.47. The third-order valence-corrected chi connectivity index (χ3v) is 3.96. The van der Waals surface area contributed by atoms with E-state index in [1.165, 1.54) is 5.56 Å². The average Bonchev–Trinajstić information content (AvgIpc) is 2.63. The molecule has 0 unspecified atom stereocenters. The standard InChI is InChI=1S/C21H26N2O3/c1-5-16-6-12-19(13-7-16)26-15(4)21(25)23-18-10-8-17(9-11-18)22-20(24)14(2)3/h6-15H,5H2,1-4H3,(H,22,24)(H,23,25)/t15-/m0/s1. The van der Waals surface area contributed by atoms with Crippen molar-refractivity contribution in [3.8, 4) is 5.75 Å². The molecule has 5 nitrogen and oxygen atoms in total. The van der Waals surface area contributed by atoms with Crippen LogP contribution in [0.1, 0.15) is 33.3 Å². The smallest absolute Gasteiger partial charge is 0.265 e.